The molecule has 0 aliphatic rings. The second-order valence-corrected chi connectivity index (χ2v) is 3.30. The summed E-state index contributed by atoms with van der Waals surface area (Å²) in [4.78, 5) is 11.5. The van der Waals surface area contributed by atoms with Gasteiger partial charge in [-0.05, 0) is 25.0 Å². The largest absolute Gasteiger partial charge is 0.294 e. The Hall–Kier alpha value is -1.51. The summed E-state index contributed by atoms with van der Waals surface area (Å²) in [6.07, 6.45) is 2.05. The van der Waals surface area contributed by atoms with Gasteiger partial charge >= 0.3 is 0 Å². The molecule has 1 aromatic rings. The zero-order valence-electron chi connectivity index (χ0n) is 8.52. The first-order valence-corrected chi connectivity index (χ1v) is 4.66. The molecule has 0 saturated carbocycles. The summed E-state index contributed by atoms with van der Waals surface area (Å²) in [5.74, 6) is -2.08. The number of carbonyl (C=O) groups excluding carboxylic acids is 1. The highest BCUT2D eigenvalue weighted by Gasteiger charge is 2.17. The van der Waals surface area contributed by atoms with E-state index in [1.54, 1.807) is 6.08 Å². The highest BCUT2D eigenvalue weighted by molar-refractivity contribution is 5.96. The van der Waals surface area contributed by atoms with Crippen molar-refractivity contribution in [2.24, 2.45) is 0 Å². The maximum Gasteiger partial charge on any atom is 0.169 e. The number of aryl methyl sites for hydroxylation is 1. The molecule has 1 aromatic carbocycles. The van der Waals surface area contributed by atoms with Gasteiger partial charge in [-0.1, -0.05) is 12.1 Å². The number of carbonyl (C=O) groups is 1. The van der Waals surface area contributed by atoms with E-state index in [0.717, 1.165) is 6.07 Å². The Morgan fingerprint density at radius 1 is 1.47 bits per heavy atom. The normalized spacial score (nSPS) is 10.1. The highest BCUT2D eigenvalue weighted by Crippen LogP contribution is 2.18. The van der Waals surface area contributed by atoms with Crippen LogP contribution in [0.1, 0.15) is 28.8 Å². The van der Waals surface area contributed by atoms with E-state index in [-0.39, 0.29) is 12.0 Å². The molecule has 0 N–H and O–H groups in total. The number of allylic oxidation sites excluding steroid dienone is 1. The van der Waals surface area contributed by atoms with Crippen molar-refractivity contribution in [1.29, 1.82) is 0 Å². The number of rotatable bonds is 4. The van der Waals surface area contributed by atoms with E-state index in [2.05, 4.69) is 6.58 Å². The van der Waals surface area contributed by atoms with Gasteiger partial charge in [-0.15, -0.1) is 6.58 Å². The minimum Gasteiger partial charge on any atom is -0.294 e. The summed E-state index contributed by atoms with van der Waals surface area (Å²) in [7, 11) is 0. The lowest BCUT2D eigenvalue weighted by molar-refractivity contribution is 0.0975. The third-order valence-electron chi connectivity index (χ3n) is 2.14. The number of hydrogen-bond donors (Lipinski definition) is 0. The van der Waals surface area contributed by atoms with Gasteiger partial charge in [-0.25, -0.2) is 8.78 Å². The third-order valence-corrected chi connectivity index (χ3v) is 2.14. The van der Waals surface area contributed by atoms with Crippen LogP contribution in [0.4, 0.5) is 8.78 Å². The first kappa shape index (κ1) is 11.6. The molecular weight excluding hydrogens is 198 g/mol. The van der Waals surface area contributed by atoms with Gasteiger partial charge in [-0.3, -0.25) is 4.79 Å². The molecule has 15 heavy (non-hydrogen) atoms. The average Bonchev–Trinajstić information content (AvgIpc) is 2.21. The van der Waals surface area contributed by atoms with Crippen LogP contribution in [0.15, 0.2) is 24.8 Å². The SMILES string of the molecule is C=CCCC(=O)c1c(F)ccc(C)c1F. The molecule has 0 bridgehead atoms. The lowest BCUT2D eigenvalue weighted by atomic mass is 10.0. The number of halogens is 2. The summed E-state index contributed by atoms with van der Waals surface area (Å²) in [5, 5.41) is 0. The van der Waals surface area contributed by atoms with Gasteiger partial charge in [0.2, 0.25) is 0 Å². The van der Waals surface area contributed by atoms with E-state index in [4.69, 9.17) is 0 Å². The van der Waals surface area contributed by atoms with Crippen LogP contribution in [-0.2, 0) is 0 Å². The molecular formula is C12H12F2O. The highest BCUT2D eigenvalue weighted by atomic mass is 19.1. The summed E-state index contributed by atoms with van der Waals surface area (Å²) < 4.78 is 26.7. The van der Waals surface area contributed by atoms with Crippen LogP contribution >= 0.6 is 0 Å². The van der Waals surface area contributed by atoms with Crippen molar-refractivity contribution >= 4 is 5.78 Å². The van der Waals surface area contributed by atoms with Gasteiger partial charge in [-0.2, -0.15) is 0 Å². The molecule has 1 rings (SSSR count). The smallest absolute Gasteiger partial charge is 0.169 e. The Labute approximate surface area is 87.4 Å². The zero-order chi connectivity index (χ0) is 11.4. The quantitative estimate of drug-likeness (QED) is 0.549. The fraction of sp³-hybridized carbons (Fsp3) is 0.250. The second-order valence-electron chi connectivity index (χ2n) is 3.30. The molecule has 80 valence electrons. The standard InChI is InChI=1S/C12H12F2O/c1-3-4-5-10(15)11-9(13)7-6-8(2)12(11)14/h3,6-7H,1,4-5H2,2H3. The van der Waals surface area contributed by atoms with E-state index >= 15 is 0 Å². The van der Waals surface area contributed by atoms with Crippen LogP contribution in [0.5, 0.6) is 0 Å². The van der Waals surface area contributed by atoms with E-state index in [0.29, 0.717) is 6.42 Å². The lowest BCUT2D eigenvalue weighted by Gasteiger charge is -2.05. The van der Waals surface area contributed by atoms with E-state index in [1.807, 2.05) is 0 Å². The molecule has 1 nitrogen and oxygen atoms in total. The van der Waals surface area contributed by atoms with Crippen molar-refractivity contribution in [2.75, 3.05) is 0 Å². The maximum atomic E-state index is 13.5. The van der Waals surface area contributed by atoms with Crippen molar-refractivity contribution in [1.82, 2.24) is 0 Å². The predicted molar refractivity (Wildman–Crippen MR) is 54.9 cm³/mol. The molecule has 0 aromatic heterocycles. The first-order valence-electron chi connectivity index (χ1n) is 4.66. The molecule has 0 aliphatic heterocycles. The fourth-order valence-electron chi connectivity index (χ4n) is 1.27. The molecule has 3 heteroatoms. The molecule has 0 aliphatic carbocycles. The minimum absolute atomic E-state index is 0.0841. The molecule has 0 saturated heterocycles. The first-order chi connectivity index (χ1) is 7.07. The van der Waals surface area contributed by atoms with Crippen LogP contribution in [-0.4, -0.2) is 5.78 Å². The zero-order valence-corrected chi connectivity index (χ0v) is 8.52. The Kier molecular flexibility index (Phi) is 3.72. The minimum atomic E-state index is -0.799. The van der Waals surface area contributed by atoms with Crippen LogP contribution in [0.3, 0.4) is 0 Å². The van der Waals surface area contributed by atoms with Crippen molar-refractivity contribution < 1.29 is 13.6 Å². The second kappa shape index (κ2) is 4.82. The van der Waals surface area contributed by atoms with Crippen LogP contribution < -0.4 is 0 Å². The molecule has 0 atom stereocenters. The van der Waals surface area contributed by atoms with Gasteiger partial charge in [0.1, 0.15) is 11.6 Å². The van der Waals surface area contributed by atoms with E-state index in [9.17, 15) is 13.6 Å². The number of hydrogen-bond acceptors (Lipinski definition) is 1. The van der Waals surface area contributed by atoms with Gasteiger partial charge in [0, 0.05) is 6.42 Å². The predicted octanol–water partition coefficient (Wildman–Crippen LogP) is 3.42. The Bertz CT molecular complexity index is 397. The topological polar surface area (TPSA) is 17.1 Å². The van der Waals surface area contributed by atoms with Crippen molar-refractivity contribution in [2.45, 2.75) is 19.8 Å². The van der Waals surface area contributed by atoms with Crippen LogP contribution in [0, 0.1) is 18.6 Å². The summed E-state index contributed by atoms with van der Waals surface area (Å²) >= 11 is 0. The molecule has 0 fully saturated rings. The van der Waals surface area contributed by atoms with Crippen molar-refractivity contribution in [3.05, 3.63) is 47.5 Å². The summed E-state index contributed by atoms with van der Waals surface area (Å²) in [6.45, 7) is 4.95. The molecule has 0 heterocycles. The molecule has 0 unspecified atom stereocenters. The van der Waals surface area contributed by atoms with Crippen LogP contribution in [0.25, 0.3) is 0 Å². The van der Waals surface area contributed by atoms with Gasteiger partial charge in [0.05, 0.1) is 5.56 Å². The van der Waals surface area contributed by atoms with Crippen molar-refractivity contribution in [3.8, 4) is 0 Å². The Balaban J connectivity index is 3.07. The molecule has 0 radical (unpaired) electrons. The van der Waals surface area contributed by atoms with Gasteiger partial charge in [0.25, 0.3) is 0 Å². The van der Waals surface area contributed by atoms with E-state index < -0.39 is 23.0 Å². The molecule has 0 amide bonds. The summed E-state index contributed by atoms with van der Waals surface area (Å²) in [6, 6.07) is 2.43. The summed E-state index contributed by atoms with van der Waals surface area (Å²) in [5.41, 5.74) is -0.157. The fourth-order valence-corrected chi connectivity index (χ4v) is 1.27. The maximum absolute atomic E-state index is 13.5. The third kappa shape index (κ3) is 2.49. The molecule has 0 spiro atoms. The van der Waals surface area contributed by atoms with Gasteiger partial charge in [0.15, 0.2) is 5.78 Å². The monoisotopic (exact) mass is 210 g/mol. The van der Waals surface area contributed by atoms with Crippen molar-refractivity contribution in [3.63, 3.8) is 0 Å². The average molecular weight is 210 g/mol. The Morgan fingerprint density at radius 3 is 2.73 bits per heavy atom. The van der Waals surface area contributed by atoms with E-state index in [1.165, 1.54) is 13.0 Å². The number of benzene rings is 1. The Morgan fingerprint density at radius 2 is 2.13 bits per heavy atom. The lowest BCUT2D eigenvalue weighted by Crippen LogP contribution is -2.06. The number of Topliss-reactive ketones (excluding diaryl/α,β-unsaturated/α-hetero) is 1. The number of ketones is 1. The van der Waals surface area contributed by atoms with Gasteiger partial charge < -0.3 is 0 Å². The van der Waals surface area contributed by atoms with Crippen LogP contribution in [0.2, 0.25) is 0 Å².